The van der Waals surface area contributed by atoms with E-state index in [2.05, 4.69) is 4.90 Å². The van der Waals surface area contributed by atoms with Gasteiger partial charge in [-0.1, -0.05) is 0 Å². The molecule has 0 aliphatic carbocycles. The molecule has 4 nitrogen and oxygen atoms in total. The van der Waals surface area contributed by atoms with Crippen LogP contribution in [0.2, 0.25) is 0 Å². The molecular weight excluding hydrogens is 259 g/mol. The number of anilines is 1. The van der Waals surface area contributed by atoms with E-state index in [4.69, 9.17) is 15.2 Å². The lowest BCUT2D eigenvalue weighted by Crippen LogP contribution is -2.27. The maximum atomic E-state index is 13.8. The van der Waals surface area contributed by atoms with Gasteiger partial charge in [0, 0.05) is 39.0 Å². The van der Waals surface area contributed by atoms with Gasteiger partial charge in [0.25, 0.3) is 0 Å². The van der Waals surface area contributed by atoms with Crippen molar-refractivity contribution in [2.45, 2.75) is 32.1 Å². The second-order valence-electron chi connectivity index (χ2n) is 5.40. The molecule has 1 heterocycles. The van der Waals surface area contributed by atoms with E-state index in [0.29, 0.717) is 5.56 Å². The van der Waals surface area contributed by atoms with Crippen LogP contribution in [0.5, 0.6) is 0 Å². The van der Waals surface area contributed by atoms with Crippen molar-refractivity contribution >= 4 is 5.69 Å². The summed E-state index contributed by atoms with van der Waals surface area (Å²) in [5.74, 6) is -0.216. The minimum Gasteiger partial charge on any atom is -0.377 e. The van der Waals surface area contributed by atoms with Crippen molar-refractivity contribution < 1.29 is 13.9 Å². The smallest absolute Gasteiger partial charge is 0.126 e. The molecule has 2 unspecified atom stereocenters. The first-order chi connectivity index (χ1) is 9.47. The molecule has 5 heteroatoms. The molecule has 2 N–H and O–H groups in total. The number of nitrogens with zero attached hydrogens (tertiary/aromatic N) is 1. The van der Waals surface area contributed by atoms with E-state index in [1.165, 1.54) is 6.07 Å². The zero-order valence-electron chi connectivity index (χ0n) is 12.5. The Bertz CT molecular complexity index is 467. The third kappa shape index (κ3) is 2.80. The highest BCUT2D eigenvalue weighted by molar-refractivity contribution is 5.58. The fourth-order valence-corrected chi connectivity index (χ4v) is 2.71. The number of ether oxygens (including phenoxy) is 2. The van der Waals surface area contributed by atoms with Crippen molar-refractivity contribution in [3.8, 4) is 0 Å². The van der Waals surface area contributed by atoms with E-state index in [-0.39, 0.29) is 24.1 Å². The molecular formula is C15H23FN2O2. The normalized spacial score (nSPS) is 24.2. The van der Waals surface area contributed by atoms with Crippen LogP contribution in [0.3, 0.4) is 0 Å². The fourth-order valence-electron chi connectivity index (χ4n) is 2.71. The van der Waals surface area contributed by atoms with Crippen LogP contribution in [-0.4, -0.2) is 39.5 Å². The first-order valence-electron chi connectivity index (χ1n) is 6.84. The van der Waals surface area contributed by atoms with Gasteiger partial charge in [-0.05, 0) is 37.1 Å². The van der Waals surface area contributed by atoms with Gasteiger partial charge in [0.15, 0.2) is 0 Å². The summed E-state index contributed by atoms with van der Waals surface area (Å²) in [7, 11) is 3.37. The summed E-state index contributed by atoms with van der Waals surface area (Å²) in [6, 6.07) is 3.18. The van der Waals surface area contributed by atoms with Crippen molar-refractivity contribution in [1.82, 2.24) is 0 Å². The van der Waals surface area contributed by atoms with Crippen molar-refractivity contribution in [2.75, 3.05) is 32.2 Å². The average Bonchev–Trinajstić information content (AvgIpc) is 2.84. The van der Waals surface area contributed by atoms with E-state index in [1.807, 2.05) is 13.0 Å². The predicted molar refractivity (Wildman–Crippen MR) is 77.5 cm³/mol. The summed E-state index contributed by atoms with van der Waals surface area (Å²) < 4.78 is 24.7. The molecule has 1 aromatic carbocycles. The first kappa shape index (κ1) is 15.2. The van der Waals surface area contributed by atoms with Crippen LogP contribution in [-0.2, 0) is 9.47 Å². The molecule has 1 saturated heterocycles. The molecule has 1 aliphatic heterocycles. The summed E-state index contributed by atoms with van der Waals surface area (Å²) in [6.07, 6.45) is 0.0394. The van der Waals surface area contributed by atoms with Crippen LogP contribution in [0, 0.1) is 12.7 Å². The number of methoxy groups -OCH3 is 2. The average molecular weight is 282 g/mol. The fraction of sp³-hybridized carbons (Fsp3) is 0.600. The lowest BCUT2D eigenvalue weighted by molar-refractivity contribution is -0.00461. The second-order valence-corrected chi connectivity index (χ2v) is 5.40. The van der Waals surface area contributed by atoms with Crippen LogP contribution >= 0.6 is 0 Å². The number of rotatable bonds is 4. The summed E-state index contributed by atoms with van der Waals surface area (Å²) in [5, 5.41) is 0. The Balaban J connectivity index is 2.35. The summed E-state index contributed by atoms with van der Waals surface area (Å²) in [5.41, 5.74) is 8.40. The number of hydrogen-bond donors (Lipinski definition) is 1. The molecule has 0 spiro atoms. The number of halogens is 1. The van der Waals surface area contributed by atoms with Gasteiger partial charge in [-0.2, -0.15) is 0 Å². The summed E-state index contributed by atoms with van der Waals surface area (Å²) >= 11 is 0. The quantitative estimate of drug-likeness (QED) is 0.917. The Hall–Kier alpha value is -1.17. The lowest BCUT2D eigenvalue weighted by Gasteiger charge is -2.24. The third-order valence-corrected chi connectivity index (χ3v) is 3.96. The summed E-state index contributed by atoms with van der Waals surface area (Å²) in [4.78, 5) is 2.16. The van der Waals surface area contributed by atoms with Crippen molar-refractivity contribution in [1.29, 1.82) is 0 Å². The maximum absolute atomic E-state index is 13.8. The van der Waals surface area contributed by atoms with E-state index < -0.39 is 0 Å². The Morgan fingerprint density at radius 2 is 1.80 bits per heavy atom. The Morgan fingerprint density at radius 3 is 2.25 bits per heavy atom. The molecule has 0 saturated carbocycles. The topological polar surface area (TPSA) is 47.7 Å². The minimum atomic E-state index is -0.220. The molecule has 1 aromatic rings. The van der Waals surface area contributed by atoms with Crippen molar-refractivity contribution in [3.05, 3.63) is 29.1 Å². The van der Waals surface area contributed by atoms with E-state index >= 15 is 0 Å². The SMILES string of the molecule is COC1CN(c2cc(C)c(F)cc2[C@@H](C)N)CC1OC. The standard InChI is InChI=1S/C15H23FN2O2/c1-9-5-13(11(10(2)17)6-12(9)16)18-7-14(19-3)15(8-18)20-4/h5-6,10,14-15H,7-8,17H2,1-4H3/t10-,14?,15?/m1/s1. The largest absolute Gasteiger partial charge is 0.377 e. The van der Waals surface area contributed by atoms with E-state index in [1.54, 1.807) is 21.1 Å². The van der Waals surface area contributed by atoms with Crippen LogP contribution in [0.1, 0.15) is 24.1 Å². The number of aryl methyl sites for hydroxylation is 1. The van der Waals surface area contributed by atoms with Crippen LogP contribution in [0.25, 0.3) is 0 Å². The van der Waals surface area contributed by atoms with Crippen LogP contribution in [0.15, 0.2) is 12.1 Å². The van der Waals surface area contributed by atoms with Gasteiger partial charge >= 0.3 is 0 Å². The molecule has 0 amide bonds. The van der Waals surface area contributed by atoms with Gasteiger partial charge in [0.05, 0.1) is 0 Å². The molecule has 20 heavy (non-hydrogen) atoms. The highest BCUT2D eigenvalue weighted by Crippen LogP contribution is 2.31. The predicted octanol–water partition coefficient (Wildman–Crippen LogP) is 2.00. The van der Waals surface area contributed by atoms with Crippen LogP contribution in [0.4, 0.5) is 10.1 Å². The number of nitrogens with two attached hydrogens (primary N) is 1. The number of benzene rings is 1. The zero-order chi connectivity index (χ0) is 14.9. The van der Waals surface area contributed by atoms with Crippen molar-refractivity contribution in [2.24, 2.45) is 5.73 Å². The Labute approximate surface area is 119 Å². The molecule has 2 rings (SSSR count). The van der Waals surface area contributed by atoms with Gasteiger partial charge < -0.3 is 20.1 Å². The molecule has 1 aliphatic rings. The second kappa shape index (κ2) is 6.08. The van der Waals surface area contributed by atoms with Crippen molar-refractivity contribution in [3.63, 3.8) is 0 Å². The van der Waals surface area contributed by atoms with E-state index in [9.17, 15) is 4.39 Å². The van der Waals surface area contributed by atoms with Gasteiger partial charge in [-0.15, -0.1) is 0 Å². The minimum absolute atomic E-state index is 0.0197. The highest BCUT2D eigenvalue weighted by Gasteiger charge is 2.34. The molecule has 3 atom stereocenters. The van der Waals surface area contributed by atoms with Gasteiger partial charge in [0.1, 0.15) is 18.0 Å². The van der Waals surface area contributed by atoms with Crippen LogP contribution < -0.4 is 10.6 Å². The maximum Gasteiger partial charge on any atom is 0.126 e. The Morgan fingerprint density at radius 1 is 1.25 bits per heavy atom. The molecule has 0 bridgehead atoms. The van der Waals surface area contributed by atoms with Gasteiger partial charge in [-0.3, -0.25) is 0 Å². The lowest BCUT2D eigenvalue weighted by atomic mass is 10.0. The first-order valence-corrected chi connectivity index (χ1v) is 6.84. The monoisotopic (exact) mass is 282 g/mol. The number of hydrogen-bond acceptors (Lipinski definition) is 4. The molecule has 1 fully saturated rings. The highest BCUT2D eigenvalue weighted by atomic mass is 19.1. The molecule has 0 radical (unpaired) electrons. The van der Waals surface area contributed by atoms with E-state index in [0.717, 1.165) is 24.3 Å². The Kier molecular flexibility index (Phi) is 4.62. The molecule has 0 aromatic heterocycles. The zero-order valence-corrected chi connectivity index (χ0v) is 12.5. The summed E-state index contributed by atoms with van der Waals surface area (Å²) in [6.45, 7) is 5.08. The third-order valence-electron chi connectivity index (χ3n) is 3.96. The van der Waals surface area contributed by atoms with Gasteiger partial charge in [0.2, 0.25) is 0 Å². The molecule has 112 valence electrons. The van der Waals surface area contributed by atoms with Gasteiger partial charge in [-0.25, -0.2) is 4.39 Å².